The van der Waals surface area contributed by atoms with E-state index in [0.717, 1.165) is 25.9 Å². The number of benzene rings is 3. The zero-order chi connectivity index (χ0) is 37.6. The Morgan fingerprint density at radius 1 is 0.784 bits per heavy atom. The summed E-state index contributed by atoms with van der Waals surface area (Å²) in [6.07, 6.45) is -2.72. The number of carboxylic acid groups (broad SMARTS) is 1. The molecule has 0 radical (unpaired) electrons. The van der Waals surface area contributed by atoms with E-state index >= 15 is 0 Å². The van der Waals surface area contributed by atoms with Crippen LogP contribution in [0.15, 0.2) is 72.8 Å². The van der Waals surface area contributed by atoms with Crippen molar-refractivity contribution in [2.75, 3.05) is 40.4 Å². The van der Waals surface area contributed by atoms with Crippen LogP contribution in [-0.4, -0.2) is 101 Å². The first-order chi connectivity index (χ1) is 24.2. The van der Waals surface area contributed by atoms with Gasteiger partial charge in [-0.25, -0.2) is 4.79 Å². The Kier molecular flexibility index (Phi) is 15.4. The fourth-order valence-corrected chi connectivity index (χ4v) is 5.53. The van der Waals surface area contributed by atoms with E-state index in [2.05, 4.69) is 4.90 Å². The number of methoxy groups -OCH3 is 2. The smallest absolute Gasteiger partial charge is 0.490 e. The largest absolute Gasteiger partial charge is 0.508 e. The first-order valence-corrected chi connectivity index (χ1v) is 16.4. The third-order valence-corrected chi connectivity index (χ3v) is 8.39. The molecule has 4 rings (SSSR count). The van der Waals surface area contributed by atoms with Gasteiger partial charge in [-0.15, -0.1) is 0 Å². The van der Waals surface area contributed by atoms with Gasteiger partial charge >= 0.3 is 12.1 Å². The summed E-state index contributed by atoms with van der Waals surface area (Å²) in [4.78, 5) is 52.7. The van der Waals surface area contributed by atoms with Crippen LogP contribution in [-0.2, 0) is 9.59 Å². The van der Waals surface area contributed by atoms with Crippen molar-refractivity contribution >= 4 is 23.4 Å². The van der Waals surface area contributed by atoms with Crippen molar-refractivity contribution in [3.63, 3.8) is 0 Å². The van der Waals surface area contributed by atoms with Crippen molar-refractivity contribution < 1.29 is 57.1 Å². The van der Waals surface area contributed by atoms with Gasteiger partial charge in [-0.3, -0.25) is 14.4 Å². The average molecular weight is 717 g/mol. The number of hydrogen-bond acceptors (Lipinski definition) is 9. The molecule has 0 spiro atoms. The van der Waals surface area contributed by atoms with Crippen LogP contribution in [0.1, 0.15) is 70.9 Å². The third kappa shape index (κ3) is 12.7. The number of aliphatic hydroxyl groups excluding tert-OH is 1. The molecule has 51 heavy (non-hydrogen) atoms. The molecule has 0 unspecified atom stereocenters. The lowest BCUT2D eigenvalue weighted by Crippen LogP contribution is -2.51. The molecule has 1 fully saturated rings. The summed E-state index contributed by atoms with van der Waals surface area (Å²) in [5.74, 6) is -1.91. The lowest BCUT2D eigenvalue weighted by Gasteiger charge is -2.37. The van der Waals surface area contributed by atoms with Crippen LogP contribution >= 0.6 is 0 Å². The highest BCUT2D eigenvalue weighted by atomic mass is 19.4. The summed E-state index contributed by atoms with van der Waals surface area (Å²) >= 11 is 0. The fourth-order valence-electron chi connectivity index (χ4n) is 5.53. The van der Waals surface area contributed by atoms with Gasteiger partial charge in [0.2, 0.25) is 5.91 Å². The molecule has 3 aromatic carbocycles. The molecule has 3 N–H and O–H groups in total. The number of phenols is 1. The van der Waals surface area contributed by atoms with E-state index in [1.54, 1.807) is 74.9 Å². The van der Waals surface area contributed by atoms with Gasteiger partial charge in [0.25, 0.3) is 0 Å². The van der Waals surface area contributed by atoms with E-state index in [1.807, 2.05) is 0 Å². The Morgan fingerprint density at radius 3 is 1.73 bits per heavy atom. The fraction of sp³-hybridized carbons (Fsp3) is 0.405. The average Bonchev–Trinajstić information content (AvgIpc) is 3.64. The lowest BCUT2D eigenvalue weighted by molar-refractivity contribution is -0.192. The number of aliphatic carboxylic acids is 1. The molecule has 2 atom stereocenters. The van der Waals surface area contributed by atoms with Crippen LogP contribution in [0.4, 0.5) is 13.2 Å². The maximum atomic E-state index is 13.9. The van der Waals surface area contributed by atoms with Crippen molar-refractivity contribution in [2.24, 2.45) is 0 Å². The van der Waals surface area contributed by atoms with Crippen LogP contribution < -0.4 is 9.47 Å². The van der Waals surface area contributed by atoms with E-state index in [9.17, 15) is 37.8 Å². The third-order valence-electron chi connectivity index (χ3n) is 8.39. The van der Waals surface area contributed by atoms with E-state index in [0.29, 0.717) is 47.6 Å². The second kappa shape index (κ2) is 19.4. The predicted octanol–water partition coefficient (Wildman–Crippen LogP) is 5.70. The first-order valence-electron chi connectivity index (χ1n) is 16.4. The monoisotopic (exact) mass is 716 g/mol. The highest BCUT2D eigenvalue weighted by Crippen LogP contribution is 2.27. The summed E-state index contributed by atoms with van der Waals surface area (Å²) in [6, 6.07) is 19.3. The van der Waals surface area contributed by atoms with Crippen molar-refractivity contribution in [3.8, 4) is 17.2 Å². The molecule has 1 heterocycles. The van der Waals surface area contributed by atoms with E-state index < -0.39 is 24.3 Å². The normalized spacial score (nSPS) is 14.1. The Bertz CT molecular complexity index is 1570. The van der Waals surface area contributed by atoms with Gasteiger partial charge in [0.15, 0.2) is 11.6 Å². The summed E-state index contributed by atoms with van der Waals surface area (Å²) in [5.41, 5.74) is 1.58. The summed E-state index contributed by atoms with van der Waals surface area (Å²) < 4.78 is 42.1. The number of amides is 1. The standard InChI is InChI=1S/C35H42N2O7.C2HF3O2/c1-43-29-17-11-25(12-18-29)32(39)7-3-4-8-34(41)37(24-33(40)26-13-19-30(44-2)20-14-26)31(23-36-21-5-6-22-36)35(42)27-9-15-28(38)16-10-27;3-2(4,5)1(6)7/h9-20,31,35,38,42H,3-8,21-24H2,1-2H3;(H,6,7)/t31-,35-;/m1./s1. The first kappa shape index (κ1) is 40.5. The number of ketones is 2. The van der Waals surface area contributed by atoms with Gasteiger partial charge < -0.3 is 34.6 Å². The van der Waals surface area contributed by atoms with E-state index in [4.69, 9.17) is 19.4 Å². The molecule has 1 amide bonds. The van der Waals surface area contributed by atoms with E-state index in [1.165, 1.54) is 17.0 Å². The molecule has 1 aliphatic rings. The Balaban J connectivity index is 0.000000908. The van der Waals surface area contributed by atoms with Crippen LogP contribution in [0.25, 0.3) is 0 Å². The molecule has 0 aliphatic carbocycles. The van der Waals surface area contributed by atoms with E-state index in [-0.39, 0.29) is 42.6 Å². The number of halogens is 3. The topological polar surface area (TPSA) is 154 Å². The van der Waals surface area contributed by atoms with Gasteiger partial charge in [0.1, 0.15) is 23.4 Å². The number of carboxylic acids is 1. The van der Waals surface area contributed by atoms with Gasteiger partial charge in [-0.2, -0.15) is 13.2 Å². The summed E-state index contributed by atoms with van der Waals surface area (Å²) in [6.45, 7) is 1.89. The number of aliphatic hydroxyl groups is 1. The second-order valence-electron chi connectivity index (χ2n) is 11.9. The number of Topliss-reactive ketones (excluding diaryl/α,β-unsaturated/α-hetero) is 2. The quantitative estimate of drug-likeness (QED) is 0.124. The number of carbonyl (C=O) groups is 4. The number of hydrogen-bond donors (Lipinski definition) is 3. The highest BCUT2D eigenvalue weighted by Gasteiger charge is 2.38. The molecule has 3 aromatic rings. The van der Waals surface area contributed by atoms with Crippen LogP contribution in [0.3, 0.4) is 0 Å². The van der Waals surface area contributed by atoms with Crippen LogP contribution in [0.5, 0.6) is 17.2 Å². The maximum Gasteiger partial charge on any atom is 0.490 e. The van der Waals surface area contributed by atoms with Gasteiger partial charge in [0.05, 0.1) is 26.8 Å². The number of phenolic OH excluding ortho intramolecular Hbond substituents is 1. The molecule has 0 saturated carbocycles. The summed E-state index contributed by atoms with van der Waals surface area (Å²) in [7, 11) is 3.12. The number of carbonyl (C=O) groups excluding carboxylic acids is 3. The zero-order valence-corrected chi connectivity index (χ0v) is 28.5. The van der Waals surface area contributed by atoms with Gasteiger partial charge in [-0.1, -0.05) is 12.1 Å². The van der Waals surface area contributed by atoms with Gasteiger partial charge in [0, 0.05) is 30.5 Å². The number of rotatable bonds is 16. The predicted molar refractivity (Wildman–Crippen MR) is 181 cm³/mol. The van der Waals surface area contributed by atoms with Crippen molar-refractivity contribution in [1.82, 2.24) is 9.80 Å². The van der Waals surface area contributed by atoms with Crippen molar-refractivity contribution in [3.05, 3.63) is 89.5 Å². The minimum Gasteiger partial charge on any atom is -0.508 e. The molecule has 0 aromatic heterocycles. The minimum atomic E-state index is -5.08. The lowest BCUT2D eigenvalue weighted by atomic mass is 9.98. The number of nitrogens with zero attached hydrogens (tertiary/aromatic N) is 2. The number of unbranched alkanes of at least 4 members (excludes halogenated alkanes) is 1. The Morgan fingerprint density at radius 2 is 1.25 bits per heavy atom. The van der Waals surface area contributed by atoms with Gasteiger partial charge in [-0.05, 0) is 105 Å². The molecule has 11 nitrogen and oxygen atoms in total. The zero-order valence-electron chi connectivity index (χ0n) is 28.5. The molecular weight excluding hydrogens is 673 g/mol. The molecular formula is C37H43F3N2O9. The number of alkyl halides is 3. The van der Waals surface area contributed by atoms with Crippen molar-refractivity contribution in [1.29, 1.82) is 0 Å². The molecule has 1 aliphatic heterocycles. The minimum absolute atomic E-state index is 0.0127. The molecule has 1 saturated heterocycles. The molecule has 276 valence electrons. The Hall–Kier alpha value is -4.95. The van der Waals surface area contributed by atoms with Crippen LogP contribution in [0.2, 0.25) is 0 Å². The highest BCUT2D eigenvalue weighted by molar-refractivity contribution is 5.99. The number of ether oxygens (including phenoxy) is 2. The van der Waals surface area contributed by atoms with Crippen molar-refractivity contribution in [2.45, 2.75) is 56.8 Å². The maximum absolute atomic E-state index is 13.9. The second-order valence-corrected chi connectivity index (χ2v) is 11.9. The van der Waals surface area contributed by atoms with Crippen LogP contribution in [0, 0.1) is 0 Å². The number of likely N-dealkylation sites (tertiary alicyclic amines) is 1. The SMILES string of the molecule is COc1ccc(C(=O)CCCCC(=O)N(CC(=O)c2ccc(OC)cc2)[C@H](CN2CCCC2)[C@H](O)c2ccc(O)cc2)cc1.O=C(O)C(F)(F)F. The Labute approximate surface area is 294 Å². The molecule has 14 heteroatoms. The molecule has 0 bridgehead atoms. The summed E-state index contributed by atoms with van der Waals surface area (Å²) in [5, 5.41) is 28.6. The number of aromatic hydroxyl groups is 1.